The lowest BCUT2D eigenvalue weighted by atomic mass is 10.1. The summed E-state index contributed by atoms with van der Waals surface area (Å²) < 4.78 is 0. The maximum Gasteiger partial charge on any atom is 0.140 e. The molecule has 0 fully saturated rings. The van der Waals surface area contributed by atoms with E-state index in [0.29, 0.717) is 0 Å². The number of benzene rings is 2. The van der Waals surface area contributed by atoms with Gasteiger partial charge in [-0.3, -0.25) is 0 Å². The van der Waals surface area contributed by atoms with Gasteiger partial charge in [-0.15, -0.1) is 0 Å². The Hall–Kier alpha value is -3.27. The van der Waals surface area contributed by atoms with Gasteiger partial charge in [0, 0.05) is 40.1 Å². The number of hydrogen-bond donors (Lipinski definition) is 3. The zero-order valence-corrected chi connectivity index (χ0v) is 12.3. The minimum atomic E-state index is 0.876. The van der Waals surface area contributed by atoms with Gasteiger partial charge in [0.1, 0.15) is 5.82 Å². The summed E-state index contributed by atoms with van der Waals surface area (Å²) in [7, 11) is 0. The van der Waals surface area contributed by atoms with Gasteiger partial charge in [-0.1, -0.05) is 30.3 Å². The molecule has 4 heteroatoms. The van der Waals surface area contributed by atoms with Crippen molar-refractivity contribution in [2.75, 3.05) is 0 Å². The second kappa shape index (κ2) is 4.61. The van der Waals surface area contributed by atoms with Crippen molar-refractivity contribution < 1.29 is 0 Å². The van der Waals surface area contributed by atoms with E-state index >= 15 is 0 Å². The third kappa shape index (κ3) is 1.89. The number of rotatable bonds is 2. The van der Waals surface area contributed by atoms with Gasteiger partial charge in [-0.25, -0.2) is 4.98 Å². The number of aromatic nitrogens is 4. The fourth-order valence-electron chi connectivity index (χ4n) is 3.08. The third-order valence-corrected chi connectivity index (χ3v) is 4.21. The molecule has 3 aromatic heterocycles. The largest absolute Gasteiger partial charge is 0.366 e. The Kier molecular flexibility index (Phi) is 2.46. The van der Waals surface area contributed by atoms with E-state index in [1.54, 1.807) is 0 Å². The van der Waals surface area contributed by atoms with Gasteiger partial charge in [0.2, 0.25) is 0 Å². The molecule has 3 heterocycles. The molecule has 3 N–H and O–H groups in total. The van der Waals surface area contributed by atoms with Crippen molar-refractivity contribution in [1.82, 2.24) is 19.9 Å². The number of nitrogens with zero attached hydrogens (tertiary/aromatic N) is 1. The second-order valence-electron chi connectivity index (χ2n) is 5.66. The smallest absolute Gasteiger partial charge is 0.140 e. The Bertz CT molecular complexity index is 972. The molecule has 4 nitrogen and oxygen atoms in total. The summed E-state index contributed by atoms with van der Waals surface area (Å²) in [5, 5.41) is 1.21. The predicted molar refractivity (Wildman–Crippen MR) is 93.2 cm³/mol. The highest BCUT2D eigenvalue weighted by molar-refractivity contribution is 5.90. The van der Waals surface area contributed by atoms with Crippen molar-refractivity contribution in [2.24, 2.45) is 0 Å². The van der Waals surface area contributed by atoms with Crippen molar-refractivity contribution in [3.63, 3.8) is 0 Å². The first-order valence-electron chi connectivity index (χ1n) is 7.58. The second-order valence-corrected chi connectivity index (χ2v) is 5.66. The van der Waals surface area contributed by atoms with Crippen LogP contribution in [0.25, 0.3) is 44.6 Å². The standard InChI is InChI=1S/C19H14N4/c1-2-6-15-12(5-1)9-18(21-15)13-10-20-11-14(13)19-22-16-7-3-4-8-17(16)23-19/h1-11,20-21H,(H,22,23). The van der Waals surface area contributed by atoms with Gasteiger partial charge in [0.25, 0.3) is 0 Å². The van der Waals surface area contributed by atoms with E-state index in [1.165, 1.54) is 5.39 Å². The minimum Gasteiger partial charge on any atom is -0.366 e. The van der Waals surface area contributed by atoms with Crippen molar-refractivity contribution in [1.29, 1.82) is 0 Å². The molecule has 110 valence electrons. The van der Waals surface area contributed by atoms with Gasteiger partial charge >= 0.3 is 0 Å². The molecule has 0 atom stereocenters. The number of fused-ring (bicyclic) bond motifs is 2. The van der Waals surface area contributed by atoms with Crippen LogP contribution in [0.5, 0.6) is 0 Å². The molecular formula is C19H14N4. The van der Waals surface area contributed by atoms with Crippen molar-refractivity contribution in [2.45, 2.75) is 0 Å². The number of para-hydroxylation sites is 3. The molecule has 0 aliphatic carbocycles. The molecule has 0 unspecified atom stereocenters. The van der Waals surface area contributed by atoms with E-state index in [9.17, 15) is 0 Å². The van der Waals surface area contributed by atoms with Crippen LogP contribution >= 0.6 is 0 Å². The lowest BCUT2D eigenvalue weighted by Crippen LogP contribution is -1.82. The Balaban J connectivity index is 1.69. The minimum absolute atomic E-state index is 0.876. The Morgan fingerprint density at radius 1 is 0.739 bits per heavy atom. The number of nitrogens with one attached hydrogen (secondary N) is 3. The summed E-state index contributed by atoms with van der Waals surface area (Å²) in [5.74, 6) is 0.876. The molecule has 0 aliphatic rings. The van der Waals surface area contributed by atoms with E-state index in [4.69, 9.17) is 4.98 Å². The van der Waals surface area contributed by atoms with Crippen molar-refractivity contribution >= 4 is 21.9 Å². The summed E-state index contributed by atoms with van der Waals surface area (Å²) in [5.41, 5.74) is 6.42. The van der Waals surface area contributed by atoms with Crippen LogP contribution in [-0.4, -0.2) is 19.9 Å². The Morgan fingerprint density at radius 3 is 2.39 bits per heavy atom. The van der Waals surface area contributed by atoms with Gasteiger partial charge in [-0.2, -0.15) is 0 Å². The predicted octanol–water partition coefficient (Wildman–Crippen LogP) is 4.71. The van der Waals surface area contributed by atoms with Crippen LogP contribution in [0.1, 0.15) is 0 Å². The summed E-state index contributed by atoms with van der Waals surface area (Å²) in [4.78, 5) is 14.8. The highest BCUT2D eigenvalue weighted by Crippen LogP contribution is 2.32. The third-order valence-electron chi connectivity index (χ3n) is 4.21. The zero-order valence-electron chi connectivity index (χ0n) is 12.3. The van der Waals surface area contributed by atoms with Crippen LogP contribution in [0, 0.1) is 0 Å². The Morgan fingerprint density at radius 2 is 1.52 bits per heavy atom. The SMILES string of the molecule is c1ccc2[nH]c(-c3c[nH]cc3-c3nc4ccccc4[nH]3)cc2c1. The summed E-state index contributed by atoms with van der Waals surface area (Å²) in [6.45, 7) is 0. The quantitative estimate of drug-likeness (QED) is 0.434. The average Bonchev–Trinajstić information content (AvgIpc) is 3.30. The molecule has 2 aromatic carbocycles. The van der Waals surface area contributed by atoms with E-state index in [1.807, 2.05) is 42.7 Å². The molecule has 5 aromatic rings. The zero-order chi connectivity index (χ0) is 15.2. The topological polar surface area (TPSA) is 60.3 Å². The van der Waals surface area contributed by atoms with E-state index < -0.39 is 0 Å². The lowest BCUT2D eigenvalue weighted by Gasteiger charge is -1.98. The number of H-pyrrole nitrogens is 3. The Labute approximate surface area is 132 Å². The monoisotopic (exact) mass is 298 g/mol. The van der Waals surface area contributed by atoms with Crippen molar-refractivity contribution in [3.8, 4) is 22.6 Å². The number of hydrogen-bond acceptors (Lipinski definition) is 1. The summed E-state index contributed by atoms with van der Waals surface area (Å²) in [6.07, 6.45) is 3.99. The van der Waals surface area contributed by atoms with Gasteiger partial charge in [-0.05, 0) is 24.3 Å². The van der Waals surface area contributed by atoms with Gasteiger partial charge < -0.3 is 15.0 Å². The molecule has 0 saturated carbocycles. The molecule has 0 bridgehead atoms. The molecule has 0 aliphatic heterocycles. The van der Waals surface area contributed by atoms with Crippen LogP contribution < -0.4 is 0 Å². The number of aromatic amines is 3. The van der Waals surface area contributed by atoms with Crippen LogP contribution in [0.2, 0.25) is 0 Å². The van der Waals surface area contributed by atoms with E-state index in [2.05, 4.69) is 39.2 Å². The van der Waals surface area contributed by atoms with Crippen LogP contribution in [-0.2, 0) is 0 Å². The molecule has 0 amide bonds. The fourth-order valence-corrected chi connectivity index (χ4v) is 3.08. The van der Waals surface area contributed by atoms with E-state index in [-0.39, 0.29) is 0 Å². The molecule has 0 radical (unpaired) electrons. The fraction of sp³-hybridized carbons (Fsp3) is 0. The normalized spacial score (nSPS) is 11.5. The van der Waals surface area contributed by atoms with Crippen LogP contribution in [0.3, 0.4) is 0 Å². The summed E-state index contributed by atoms with van der Waals surface area (Å²) in [6, 6.07) is 18.5. The average molecular weight is 298 g/mol. The van der Waals surface area contributed by atoms with Crippen LogP contribution in [0.15, 0.2) is 67.0 Å². The first-order valence-corrected chi connectivity index (χ1v) is 7.58. The van der Waals surface area contributed by atoms with Gasteiger partial charge in [0.15, 0.2) is 0 Å². The first-order chi connectivity index (χ1) is 11.4. The van der Waals surface area contributed by atoms with Crippen molar-refractivity contribution in [3.05, 3.63) is 67.0 Å². The maximum atomic E-state index is 4.71. The molecular weight excluding hydrogens is 284 g/mol. The molecule has 0 saturated heterocycles. The molecule has 0 spiro atoms. The van der Waals surface area contributed by atoms with E-state index in [0.717, 1.165) is 39.2 Å². The van der Waals surface area contributed by atoms with Gasteiger partial charge in [0.05, 0.1) is 11.0 Å². The highest BCUT2D eigenvalue weighted by atomic mass is 14.9. The first kappa shape index (κ1) is 12.3. The number of imidazole rings is 1. The molecule has 5 rings (SSSR count). The molecule has 23 heavy (non-hydrogen) atoms. The highest BCUT2D eigenvalue weighted by Gasteiger charge is 2.14. The van der Waals surface area contributed by atoms with Crippen LogP contribution in [0.4, 0.5) is 0 Å². The maximum absolute atomic E-state index is 4.71. The summed E-state index contributed by atoms with van der Waals surface area (Å²) >= 11 is 0. The lowest BCUT2D eigenvalue weighted by molar-refractivity contribution is 1.33.